The number of thiazole rings is 1. The SMILES string of the molecule is COC(=O)C1(NC(=O)c2ccc(-c3nc4ccccc4s3)o2)CCC(C)CC1. The van der Waals surface area contributed by atoms with E-state index in [-0.39, 0.29) is 5.76 Å². The van der Waals surface area contributed by atoms with E-state index in [1.807, 2.05) is 24.3 Å². The summed E-state index contributed by atoms with van der Waals surface area (Å²) in [5.41, 5.74) is -0.0906. The van der Waals surface area contributed by atoms with Gasteiger partial charge >= 0.3 is 5.97 Å². The van der Waals surface area contributed by atoms with Gasteiger partial charge in [-0.05, 0) is 55.9 Å². The zero-order valence-electron chi connectivity index (χ0n) is 15.9. The molecule has 1 aromatic carbocycles. The van der Waals surface area contributed by atoms with Crippen molar-refractivity contribution in [2.45, 2.75) is 38.1 Å². The number of rotatable bonds is 4. The van der Waals surface area contributed by atoms with Gasteiger partial charge in [-0.3, -0.25) is 4.79 Å². The largest absolute Gasteiger partial charge is 0.467 e. The third kappa shape index (κ3) is 3.42. The fourth-order valence-electron chi connectivity index (χ4n) is 3.66. The van der Waals surface area contributed by atoms with E-state index in [0.29, 0.717) is 24.5 Å². The first kappa shape index (κ1) is 18.7. The Bertz CT molecular complexity index is 981. The number of hydrogen-bond donors (Lipinski definition) is 1. The lowest BCUT2D eigenvalue weighted by Gasteiger charge is -2.37. The zero-order valence-corrected chi connectivity index (χ0v) is 16.7. The van der Waals surface area contributed by atoms with Crippen LogP contribution < -0.4 is 5.32 Å². The number of ether oxygens (including phenoxy) is 1. The highest BCUT2D eigenvalue weighted by atomic mass is 32.1. The molecule has 1 saturated carbocycles. The second kappa shape index (κ2) is 7.39. The number of fused-ring (bicyclic) bond motifs is 1. The van der Waals surface area contributed by atoms with Gasteiger partial charge in [0, 0.05) is 0 Å². The monoisotopic (exact) mass is 398 g/mol. The number of para-hydroxylation sites is 1. The Morgan fingerprint density at radius 2 is 1.96 bits per heavy atom. The number of benzene rings is 1. The molecule has 7 heteroatoms. The molecule has 3 aromatic rings. The van der Waals surface area contributed by atoms with Gasteiger partial charge in [-0.2, -0.15) is 0 Å². The Labute approximate surface area is 166 Å². The third-order valence-corrected chi connectivity index (χ3v) is 6.44. The molecule has 0 saturated heterocycles. The van der Waals surface area contributed by atoms with Gasteiger partial charge in [0.1, 0.15) is 5.54 Å². The quantitative estimate of drug-likeness (QED) is 0.659. The fraction of sp³-hybridized carbons (Fsp3) is 0.381. The summed E-state index contributed by atoms with van der Waals surface area (Å²) in [5.74, 6) is 0.425. The molecule has 0 aliphatic heterocycles. The average Bonchev–Trinajstić information content (AvgIpc) is 3.36. The summed E-state index contributed by atoms with van der Waals surface area (Å²) in [7, 11) is 1.35. The maximum atomic E-state index is 12.8. The maximum absolute atomic E-state index is 12.8. The van der Waals surface area contributed by atoms with E-state index in [0.717, 1.165) is 28.1 Å². The second-order valence-electron chi connectivity index (χ2n) is 7.36. The molecule has 0 unspecified atom stereocenters. The van der Waals surface area contributed by atoms with Crippen molar-refractivity contribution in [3.8, 4) is 10.8 Å². The van der Waals surface area contributed by atoms with Crippen molar-refractivity contribution < 1.29 is 18.7 Å². The Hall–Kier alpha value is -2.67. The molecule has 0 radical (unpaired) electrons. The smallest absolute Gasteiger partial charge is 0.331 e. The predicted octanol–water partition coefficient (Wildman–Crippen LogP) is 4.41. The van der Waals surface area contributed by atoms with Gasteiger partial charge in [-0.25, -0.2) is 9.78 Å². The number of methoxy groups -OCH3 is 1. The average molecular weight is 398 g/mol. The van der Waals surface area contributed by atoms with Gasteiger partial charge in [0.2, 0.25) is 0 Å². The Kier molecular flexibility index (Phi) is 4.93. The van der Waals surface area contributed by atoms with Crippen LogP contribution in [0.25, 0.3) is 21.0 Å². The molecular formula is C21H22N2O4S. The first-order chi connectivity index (χ1) is 13.5. The first-order valence-corrected chi connectivity index (χ1v) is 10.2. The van der Waals surface area contributed by atoms with Crippen molar-refractivity contribution in [2.24, 2.45) is 5.92 Å². The van der Waals surface area contributed by atoms with E-state index in [1.54, 1.807) is 12.1 Å². The number of furan rings is 1. The first-order valence-electron chi connectivity index (χ1n) is 9.37. The summed E-state index contributed by atoms with van der Waals surface area (Å²) in [4.78, 5) is 29.8. The van der Waals surface area contributed by atoms with Crippen LogP contribution in [0.2, 0.25) is 0 Å². The van der Waals surface area contributed by atoms with Crippen LogP contribution in [0.15, 0.2) is 40.8 Å². The zero-order chi connectivity index (χ0) is 19.7. The molecule has 146 valence electrons. The number of nitrogens with one attached hydrogen (secondary N) is 1. The minimum Gasteiger partial charge on any atom is -0.467 e. The number of hydrogen-bond acceptors (Lipinski definition) is 6. The summed E-state index contributed by atoms with van der Waals surface area (Å²) in [6, 6.07) is 11.2. The molecule has 28 heavy (non-hydrogen) atoms. The summed E-state index contributed by atoms with van der Waals surface area (Å²) in [6.45, 7) is 2.15. The Morgan fingerprint density at radius 1 is 1.21 bits per heavy atom. The van der Waals surface area contributed by atoms with Gasteiger partial charge < -0.3 is 14.5 Å². The summed E-state index contributed by atoms with van der Waals surface area (Å²) in [6.07, 6.45) is 2.87. The molecule has 1 aliphatic carbocycles. The molecular weight excluding hydrogens is 376 g/mol. The number of carbonyl (C=O) groups excluding carboxylic acids is 2. The van der Waals surface area contributed by atoms with Gasteiger partial charge in [-0.15, -0.1) is 11.3 Å². The summed E-state index contributed by atoms with van der Waals surface area (Å²) < 4.78 is 11.8. The molecule has 2 heterocycles. The van der Waals surface area contributed by atoms with Gasteiger partial charge in [0.05, 0.1) is 17.3 Å². The molecule has 0 atom stereocenters. The van der Waals surface area contributed by atoms with Crippen molar-refractivity contribution in [3.63, 3.8) is 0 Å². The van der Waals surface area contributed by atoms with Crippen molar-refractivity contribution >= 4 is 33.4 Å². The molecule has 0 spiro atoms. The van der Waals surface area contributed by atoms with Crippen LogP contribution in [-0.4, -0.2) is 29.5 Å². The molecule has 0 bridgehead atoms. The normalized spacial score (nSPS) is 22.1. The predicted molar refractivity (Wildman–Crippen MR) is 107 cm³/mol. The Morgan fingerprint density at radius 3 is 2.68 bits per heavy atom. The topological polar surface area (TPSA) is 81.4 Å². The third-order valence-electron chi connectivity index (χ3n) is 5.39. The van der Waals surface area contributed by atoms with Crippen LogP contribution in [0.4, 0.5) is 0 Å². The van der Waals surface area contributed by atoms with Gasteiger partial charge in [-0.1, -0.05) is 19.1 Å². The van der Waals surface area contributed by atoms with Crippen LogP contribution in [0.5, 0.6) is 0 Å². The highest BCUT2D eigenvalue weighted by molar-refractivity contribution is 7.21. The molecule has 4 rings (SSSR count). The van der Waals surface area contributed by atoms with Crippen LogP contribution in [0.1, 0.15) is 43.2 Å². The minimum atomic E-state index is -0.985. The lowest BCUT2D eigenvalue weighted by molar-refractivity contribution is -0.150. The van der Waals surface area contributed by atoms with E-state index >= 15 is 0 Å². The Balaban J connectivity index is 1.55. The molecule has 6 nitrogen and oxygen atoms in total. The molecule has 1 amide bonds. The number of nitrogens with zero attached hydrogens (tertiary/aromatic N) is 1. The van der Waals surface area contributed by atoms with Crippen molar-refractivity contribution in [3.05, 3.63) is 42.2 Å². The van der Waals surface area contributed by atoms with E-state index in [1.165, 1.54) is 18.4 Å². The van der Waals surface area contributed by atoms with Crippen LogP contribution in [-0.2, 0) is 9.53 Å². The molecule has 1 N–H and O–H groups in total. The highest BCUT2D eigenvalue weighted by Crippen LogP contribution is 2.34. The van der Waals surface area contributed by atoms with E-state index in [9.17, 15) is 9.59 Å². The van der Waals surface area contributed by atoms with Crippen LogP contribution in [0.3, 0.4) is 0 Å². The molecule has 1 fully saturated rings. The summed E-state index contributed by atoms with van der Waals surface area (Å²) >= 11 is 1.51. The van der Waals surface area contributed by atoms with E-state index in [2.05, 4.69) is 17.2 Å². The standard InChI is InChI=1S/C21H22N2O4S/c1-13-9-11-21(12-10-13,20(25)26-2)23-18(24)15-7-8-16(27-15)19-22-14-5-3-4-6-17(14)28-19/h3-8,13H,9-12H2,1-2H3,(H,23,24). The lowest BCUT2D eigenvalue weighted by atomic mass is 9.77. The van der Waals surface area contributed by atoms with Gasteiger partial charge in [0.25, 0.3) is 5.91 Å². The van der Waals surface area contributed by atoms with Crippen LogP contribution in [0, 0.1) is 5.92 Å². The fourth-order valence-corrected chi connectivity index (χ4v) is 4.59. The van der Waals surface area contributed by atoms with Crippen LogP contribution >= 0.6 is 11.3 Å². The van der Waals surface area contributed by atoms with Crippen molar-refractivity contribution in [2.75, 3.05) is 7.11 Å². The number of esters is 1. The second-order valence-corrected chi connectivity index (χ2v) is 8.39. The lowest BCUT2D eigenvalue weighted by Crippen LogP contribution is -2.56. The van der Waals surface area contributed by atoms with Crippen molar-refractivity contribution in [1.29, 1.82) is 0 Å². The maximum Gasteiger partial charge on any atom is 0.331 e. The van der Waals surface area contributed by atoms with E-state index in [4.69, 9.17) is 9.15 Å². The molecule has 1 aliphatic rings. The highest BCUT2D eigenvalue weighted by Gasteiger charge is 2.44. The number of carbonyl (C=O) groups is 2. The number of amides is 1. The summed E-state index contributed by atoms with van der Waals surface area (Å²) in [5, 5.41) is 3.60. The molecule has 2 aromatic heterocycles. The van der Waals surface area contributed by atoms with Crippen molar-refractivity contribution in [1.82, 2.24) is 10.3 Å². The number of aromatic nitrogens is 1. The minimum absolute atomic E-state index is 0.163. The van der Waals surface area contributed by atoms with E-state index < -0.39 is 17.4 Å². The van der Waals surface area contributed by atoms with Gasteiger partial charge in [0.15, 0.2) is 16.5 Å².